The number of rotatable bonds is 8. The van der Waals surface area contributed by atoms with Crippen LogP contribution in [0.4, 0.5) is 0 Å². The van der Waals surface area contributed by atoms with E-state index >= 15 is 0 Å². The number of nitrogens with two attached hydrogens (primary N) is 1. The highest BCUT2D eigenvalue weighted by Crippen LogP contribution is 2.26. The number of nitrogens with zero attached hydrogens (tertiary/aromatic N) is 4. The summed E-state index contributed by atoms with van der Waals surface area (Å²) < 4.78 is 1.70. The van der Waals surface area contributed by atoms with E-state index in [-0.39, 0.29) is 5.69 Å². The van der Waals surface area contributed by atoms with E-state index < -0.39 is 5.91 Å². The highest BCUT2D eigenvalue weighted by Gasteiger charge is 2.28. The number of hydrazine groups is 1. The number of nitrogen functional groups attached to an aromatic ring is 1. The molecule has 0 atom stereocenters. The molecule has 0 unspecified atom stereocenters. The molecule has 3 N–H and O–H groups in total. The van der Waals surface area contributed by atoms with Gasteiger partial charge >= 0.3 is 0 Å². The SMILES string of the molecule is CCCCN(CCn1cc(C(=O)NN)nn1)C1CC1. The minimum Gasteiger partial charge on any atom is -0.299 e. The monoisotopic (exact) mass is 266 g/mol. The molecule has 0 radical (unpaired) electrons. The Labute approximate surface area is 113 Å². The third kappa shape index (κ3) is 4.00. The van der Waals surface area contributed by atoms with Crippen molar-refractivity contribution < 1.29 is 4.79 Å². The Morgan fingerprint density at radius 2 is 2.37 bits per heavy atom. The Balaban J connectivity index is 1.82. The lowest BCUT2D eigenvalue weighted by atomic mass is 10.3. The predicted molar refractivity (Wildman–Crippen MR) is 71.2 cm³/mol. The van der Waals surface area contributed by atoms with Gasteiger partial charge in [0.25, 0.3) is 5.91 Å². The van der Waals surface area contributed by atoms with Gasteiger partial charge in [0.05, 0.1) is 12.7 Å². The summed E-state index contributed by atoms with van der Waals surface area (Å²) >= 11 is 0. The van der Waals surface area contributed by atoms with Crippen molar-refractivity contribution in [1.29, 1.82) is 0 Å². The molecule has 0 bridgehead atoms. The van der Waals surface area contributed by atoms with Gasteiger partial charge < -0.3 is 0 Å². The van der Waals surface area contributed by atoms with Crippen LogP contribution in [0.15, 0.2) is 6.20 Å². The van der Waals surface area contributed by atoms with E-state index in [9.17, 15) is 4.79 Å². The summed E-state index contributed by atoms with van der Waals surface area (Å²) in [5.41, 5.74) is 2.31. The molecule has 0 aromatic carbocycles. The number of carbonyl (C=O) groups is 1. The topological polar surface area (TPSA) is 89.1 Å². The quantitative estimate of drug-likeness (QED) is 0.397. The standard InChI is InChI=1S/C12H22N6O/c1-2-3-6-17(10-4-5-10)7-8-18-9-11(15-16-18)12(19)14-13/h9-10H,2-8,13H2,1H3,(H,14,19). The molecule has 1 amide bonds. The molecule has 1 fully saturated rings. The number of aromatic nitrogens is 3. The van der Waals surface area contributed by atoms with Gasteiger partial charge in [-0.15, -0.1) is 5.10 Å². The summed E-state index contributed by atoms with van der Waals surface area (Å²) in [5.74, 6) is 4.65. The molecule has 1 aliphatic rings. The molecule has 106 valence electrons. The molecular formula is C12H22N6O. The van der Waals surface area contributed by atoms with Crippen LogP contribution in [0.1, 0.15) is 43.1 Å². The highest BCUT2D eigenvalue weighted by molar-refractivity contribution is 5.91. The Morgan fingerprint density at radius 3 is 3.00 bits per heavy atom. The fraction of sp³-hybridized carbons (Fsp3) is 0.750. The number of carbonyl (C=O) groups excluding carboxylic acids is 1. The van der Waals surface area contributed by atoms with Gasteiger partial charge in [-0.05, 0) is 25.8 Å². The van der Waals surface area contributed by atoms with E-state index in [1.807, 2.05) is 0 Å². The summed E-state index contributed by atoms with van der Waals surface area (Å²) in [4.78, 5) is 13.8. The highest BCUT2D eigenvalue weighted by atomic mass is 16.2. The first-order valence-corrected chi connectivity index (χ1v) is 6.89. The van der Waals surface area contributed by atoms with Gasteiger partial charge in [0.2, 0.25) is 0 Å². The van der Waals surface area contributed by atoms with Crippen molar-refractivity contribution >= 4 is 5.91 Å². The number of unbranched alkanes of at least 4 members (excludes halogenated alkanes) is 1. The van der Waals surface area contributed by atoms with Crippen LogP contribution >= 0.6 is 0 Å². The van der Waals surface area contributed by atoms with E-state index in [0.717, 1.165) is 25.7 Å². The fourth-order valence-electron chi connectivity index (χ4n) is 2.09. The summed E-state index contributed by atoms with van der Waals surface area (Å²) in [5, 5.41) is 7.73. The van der Waals surface area contributed by atoms with Crippen LogP contribution in [0.2, 0.25) is 0 Å². The first kappa shape index (κ1) is 14.0. The Kier molecular flexibility index (Phi) is 4.86. The van der Waals surface area contributed by atoms with Crippen molar-refractivity contribution in [2.45, 2.75) is 45.2 Å². The normalized spacial score (nSPS) is 14.9. The smallest absolute Gasteiger partial charge is 0.287 e. The maximum Gasteiger partial charge on any atom is 0.287 e. The largest absolute Gasteiger partial charge is 0.299 e. The van der Waals surface area contributed by atoms with E-state index in [0.29, 0.717) is 0 Å². The van der Waals surface area contributed by atoms with E-state index in [1.165, 1.54) is 25.7 Å². The van der Waals surface area contributed by atoms with Gasteiger partial charge in [-0.3, -0.25) is 19.8 Å². The Hall–Kier alpha value is -1.47. The second-order valence-electron chi connectivity index (χ2n) is 4.96. The average Bonchev–Trinajstić information content (AvgIpc) is 3.16. The van der Waals surface area contributed by atoms with Gasteiger partial charge in [-0.1, -0.05) is 18.6 Å². The second-order valence-corrected chi connectivity index (χ2v) is 4.96. The van der Waals surface area contributed by atoms with Crippen LogP contribution < -0.4 is 11.3 Å². The lowest BCUT2D eigenvalue weighted by Gasteiger charge is -2.21. The van der Waals surface area contributed by atoms with Crippen LogP contribution in [0.25, 0.3) is 0 Å². The van der Waals surface area contributed by atoms with Gasteiger partial charge in [-0.2, -0.15) is 0 Å². The molecule has 19 heavy (non-hydrogen) atoms. The third-order valence-electron chi connectivity index (χ3n) is 3.38. The van der Waals surface area contributed by atoms with Crippen molar-refractivity contribution in [3.63, 3.8) is 0 Å². The number of amides is 1. The molecular weight excluding hydrogens is 244 g/mol. The zero-order valence-electron chi connectivity index (χ0n) is 11.4. The lowest BCUT2D eigenvalue weighted by molar-refractivity contribution is 0.0948. The molecule has 7 heteroatoms. The fourth-order valence-corrected chi connectivity index (χ4v) is 2.09. The summed E-state index contributed by atoms with van der Waals surface area (Å²) in [6, 6.07) is 0.752. The molecule has 2 rings (SSSR count). The first-order chi connectivity index (χ1) is 9.24. The lowest BCUT2D eigenvalue weighted by Crippen LogP contribution is -2.31. The number of nitrogens with one attached hydrogen (secondary N) is 1. The van der Waals surface area contributed by atoms with Gasteiger partial charge in [-0.25, -0.2) is 5.84 Å². The number of hydrogen-bond acceptors (Lipinski definition) is 5. The summed E-state index contributed by atoms with van der Waals surface area (Å²) in [6.07, 6.45) is 6.69. The Morgan fingerprint density at radius 1 is 1.58 bits per heavy atom. The maximum absolute atomic E-state index is 11.3. The van der Waals surface area contributed by atoms with Crippen LogP contribution in [-0.4, -0.2) is 44.9 Å². The van der Waals surface area contributed by atoms with Crippen molar-refractivity contribution in [1.82, 2.24) is 25.3 Å². The molecule has 0 spiro atoms. The van der Waals surface area contributed by atoms with Crippen LogP contribution in [-0.2, 0) is 6.54 Å². The molecule has 1 aliphatic carbocycles. The first-order valence-electron chi connectivity index (χ1n) is 6.89. The van der Waals surface area contributed by atoms with Crippen molar-refractivity contribution in [2.75, 3.05) is 13.1 Å². The molecule has 7 nitrogen and oxygen atoms in total. The van der Waals surface area contributed by atoms with E-state index in [1.54, 1.807) is 10.9 Å². The van der Waals surface area contributed by atoms with Crippen LogP contribution in [0, 0.1) is 0 Å². The van der Waals surface area contributed by atoms with Crippen molar-refractivity contribution in [3.05, 3.63) is 11.9 Å². The Bertz CT molecular complexity index is 414. The predicted octanol–water partition coefficient (Wildman–Crippen LogP) is 0.146. The molecule has 1 heterocycles. The van der Waals surface area contributed by atoms with Crippen molar-refractivity contribution in [3.8, 4) is 0 Å². The molecule has 0 aliphatic heterocycles. The zero-order valence-corrected chi connectivity index (χ0v) is 11.4. The number of hydrogen-bond donors (Lipinski definition) is 2. The van der Waals surface area contributed by atoms with Crippen LogP contribution in [0.5, 0.6) is 0 Å². The molecule has 1 aromatic rings. The summed E-state index contributed by atoms with van der Waals surface area (Å²) in [7, 11) is 0. The van der Waals surface area contributed by atoms with E-state index in [4.69, 9.17) is 5.84 Å². The molecule has 1 aromatic heterocycles. The zero-order chi connectivity index (χ0) is 13.7. The maximum atomic E-state index is 11.3. The minimum atomic E-state index is -0.406. The molecule has 0 saturated heterocycles. The van der Waals surface area contributed by atoms with E-state index in [2.05, 4.69) is 27.6 Å². The third-order valence-corrected chi connectivity index (χ3v) is 3.38. The van der Waals surface area contributed by atoms with Crippen molar-refractivity contribution in [2.24, 2.45) is 5.84 Å². The average molecular weight is 266 g/mol. The second kappa shape index (κ2) is 6.63. The van der Waals surface area contributed by atoms with Crippen LogP contribution in [0.3, 0.4) is 0 Å². The van der Waals surface area contributed by atoms with Gasteiger partial charge in [0.15, 0.2) is 5.69 Å². The minimum absolute atomic E-state index is 0.258. The summed E-state index contributed by atoms with van der Waals surface area (Å²) in [6.45, 7) is 5.06. The van der Waals surface area contributed by atoms with Gasteiger partial charge in [0.1, 0.15) is 0 Å². The molecule has 1 saturated carbocycles. The van der Waals surface area contributed by atoms with Gasteiger partial charge in [0, 0.05) is 12.6 Å².